The van der Waals surface area contributed by atoms with Crippen molar-refractivity contribution in [3.63, 3.8) is 0 Å². The molecule has 0 saturated carbocycles. The highest BCUT2D eigenvalue weighted by Crippen LogP contribution is 2.24. The van der Waals surface area contributed by atoms with E-state index in [2.05, 4.69) is 10.6 Å². The minimum absolute atomic E-state index is 0.0224. The number of anilines is 1. The van der Waals surface area contributed by atoms with E-state index in [1.165, 1.54) is 0 Å². The molecule has 1 atom stereocenters. The Hall–Kier alpha value is -2.28. The van der Waals surface area contributed by atoms with Crippen LogP contribution in [0, 0.1) is 0 Å². The molecule has 1 heterocycles. The Balaban J connectivity index is 1.88. The van der Waals surface area contributed by atoms with Crippen LogP contribution >= 0.6 is 0 Å². The standard InChI is InChI=1S/C15H21N3O4/c1-22-13-5-3-12(4-6-13)18-10-11(9-14(18)20)17-15(21)16-7-2-8-19/h3-6,11,19H,2,7-10H2,1H3,(H2,16,17,21). The monoisotopic (exact) mass is 307 g/mol. The Bertz CT molecular complexity index is 518. The van der Waals surface area contributed by atoms with E-state index in [1.54, 1.807) is 24.1 Å². The summed E-state index contributed by atoms with van der Waals surface area (Å²) in [5.41, 5.74) is 0.788. The summed E-state index contributed by atoms with van der Waals surface area (Å²) in [5.74, 6) is 0.708. The number of nitrogens with zero attached hydrogens (tertiary/aromatic N) is 1. The second kappa shape index (κ2) is 7.65. The van der Waals surface area contributed by atoms with E-state index < -0.39 is 0 Å². The molecular formula is C15H21N3O4. The zero-order valence-electron chi connectivity index (χ0n) is 12.5. The van der Waals surface area contributed by atoms with Gasteiger partial charge in [0.1, 0.15) is 5.75 Å². The number of methoxy groups -OCH3 is 1. The molecule has 1 unspecified atom stereocenters. The second-order valence-electron chi connectivity index (χ2n) is 5.08. The van der Waals surface area contributed by atoms with Crippen molar-refractivity contribution in [2.75, 3.05) is 31.7 Å². The average molecular weight is 307 g/mol. The first-order valence-corrected chi connectivity index (χ1v) is 7.23. The summed E-state index contributed by atoms with van der Waals surface area (Å²) in [4.78, 5) is 25.4. The molecule has 120 valence electrons. The maximum absolute atomic E-state index is 12.1. The van der Waals surface area contributed by atoms with Crippen LogP contribution in [0.15, 0.2) is 24.3 Å². The van der Waals surface area contributed by atoms with E-state index in [1.807, 2.05) is 12.1 Å². The van der Waals surface area contributed by atoms with E-state index in [4.69, 9.17) is 9.84 Å². The van der Waals surface area contributed by atoms with Gasteiger partial charge >= 0.3 is 6.03 Å². The predicted molar refractivity (Wildman–Crippen MR) is 82.0 cm³/mol. The molecule has 0 radical (unpaired) electrons. The highest BCUT2D eigenvalue weighted by molar-refractivity contribution is 5.96. The second-order valence-corrected chi connectivity index (χ2v) is 5.08. The number of ether oxygens (including phenoxy) is 1. The topological polar surface area (TPSA) is 90.9 Å². The largest absolute Gasteiger partial charge is 0.497 e. The van der Waals surface area contributed by atoms with Crippen LogP contribution in [-0.2, 0) is 4.79 Å². The van der Waals surface area contributed by atoms with Crippen molar-refractivity contribution >= 4 is 17.6 Å². The molecule has 1 aromatic carbocycles. The molecule has 2 rings (SSSR count). The summed E-state index contributed by atoms with van der Waals surface area (Å²) in [6.07, 6.45) is 0.786. The summed E-state index contributed by atoms with van der Waals surface area (Å²) < 4.78 is 5.09. The van der Waals surface area contributed by atoms with Crippen LogP contribution < -0.4 is 20.3 Å². The van der Waals surface area contributed by atoms with Gasteiger partial charge in [-0.2, -0.15) is 0 Å². The van der Waals surface area contributed by atoms with Crippen LogP contribution in [0.4, 0.5) is 10.5 Å². The third-order valence-corrected chi connectivity index (χ3v) is 3.46. The lowest BCUT2D eigenvalue weighted by atomic mass is 10.2. The average Bonchev–Trinajstić information content (AvgIpc) is 2.88. The number of nitrogens with one attached hydrogen (secondary N) is 2. The Morgan fingerprint density at radius 3 is 2.77 bits per heavy atom. The van der Waals surface area contributed by atoms with Crippen LogP contribution in [-0.4, -0.2) is 49.9 Å². The number of carbonyl (C=O) groups is 2. The highest BCUT2D eigenvalue weighted by Gasteiger charge is 2.31. The highest BCUT2D eigenvalue weighted by atomic mass is 16.5. The molecular weight excluding hydrogens is 286 g/mol. The van der Waals surface area contributed by atoms with Gasteiger partial charge in [0.25, 0.3) is 0 Å². The number of rotatable bonds is 6. The number of benzene rings is 1. The molecule has 7 heteroatoms. The van der Waals surface area contributed by atoms with Gasteiger partial charge in [-0.05, 0) is 30.7 Å². The first-order valence-electron chi connectivity index (χ1n) is 7.23. The first-order chi connectivity index (χ1) is 10.6. The van der Waals surface area contributed by atoms with Crippen LogP contribution in [0.3, 0.4) is 0 Å². The number of aliphatic hydroxyl groups excluding tert-OH is 1. The molecule has 3 amide bonds. The van der Waals surface area contributed by atoms with Gasteiger partial charge < -0.3 is 25.4 Å². The number of amides is 3. The Morgan fingerprint density at radius 2 is 2.14 bits per heavy atom. The third-order valence-electron chi connectivity index (χ3n) is 3.46. The maximum atomic E-state index is 12.1. The van der Waals surface area contributed by atoms with Crippen molar-refractivity contribution in [3.05, 3.63) is 24.3 Å². The maximum Gasteiger partial charge on any atom is 0.315 e. The van der Waals surface area contributed by atoms with Crippen molar-refractivity contribution < 1.29 is 19.4 Å². The molecule has 1 aliphatic heterocycles. The molecule has 7 nitrogen and oxygen atoms in total. The number of hydrogen-bond acceptors (Lipinski definition) is 4. The molecule has 1 fully saturated rings. The van der Waals surface area contributed by atoms with Crippen molar-refractivity contribution in [1.82, 2.24) is 10.6 Å². The lowest BCUT2D eigenvalue weighted by Gasteiger charge is -2.17. The molecule has 0 aromatic heterocycles. The van der Waals surface area contributed by atoms with Crippen molar-refractivity contribution in [2.45, 2.75) is 18.9 Å². The SMILES string of the molecule is COc1ccc(N2CC(NC(=O)NCCCO)CC2=O)cc1. The molecule has 1 saturated heterocycles. The Morgan fingerprint density at radius 1 is 1.41 bits per heavy atom. The van der Waals surface area contributed by atoms with Crippen LogP contribution in [0.25, 0.3) is 0 Å². The van der Waals surface area contributed by atoms with Crippen LogP contribution in [0.1, 0.15) is 12.8 Å². The first kappa shape index (κ1) is 16.1. The normalized spacial score (nSPS) is 17.5. The molecule has 0 aliphatic carbocycles. The lowest BCUT2D eigenvalue weighted by molar-refractivity contribution is -0.117. The Kier molecular flexibility index (Phi) is 5.60. The minimum Gasteiger partial charge on any atom is -0.497 e. The molecule has 1 aromatic rings. The van der Waals surface area contributed by atoms with Gasteiger partial charge in [0, 0.05) is 31.8 Å². The number of urea groups is 1. The van der Waals surface area contributed by atoms with Gasteiger partial charge in [-0.3, -0.25) is 4.79 Å². The molecule has 22 heavy (non-hydrogen) atoms. The molecule has 1 aliphatic rings. The number of aliphatic hydroxyl groups is 1. The van der Waals surface area contributed by atoms with Gasteiger partial charge in [-0.25, -0.2) is 4.79 Å². The fourth-order valence-corrected chi connectivity index (χ4v) is 2.33. The van der Waals surface area contributed by atoms with Gasteiger partial charge in [0.05, 0.1) is 13.2 Å². The quantitative estimate of drug-likeness (QED) is 0.667. The van der Waals surface area contributed by atoms with Gasteiger partial charge in [0.15, 0.2) is 0 Å². The van der Waals surface area contributed by atoms with Crippen LogP contribution in [0.5, 0.6) is 5.75 Å². The smallest absolute Gasteiger partial charge is 0.315 e. The van der Waals surface area contributed by atoms with Crippen molar-refractivity contribution in [1.29, 1.82) is 0 Å². The molecule has 0 bridgehead atoms. The summed E-state index contributed by atoms with van der Waals surface area (Å²) in [7, 11) is 1.59. The molecule has 0 spiro atoms. The summed E-state index contributed by atoms with van der Waals surface area (Å²) >= 11 is 0. The van der Waals surface area contributed by atoms with Crippen molar-refractivity contribution in [2.24, 2.45) is 0 Å². The molecule has 3 N–H and O–H groups in total. The summed E-state index contributed by atoms with van der Waals surface area (Å²) in [5, 5.41) is 14.1. The number of hydrogen-bond donors (Lipinski definition) is 3. The minimum atomic E-state index is -0.317. The zero-order valence-corrected chi connectivity index (χ0v) is 12.5. The van der Waals surface area contributed by atoms with Crippen LogP contribution in [0.2, 0.25) is 0 Å². The van der Waals surface area contributed by atoms with Gasteiger partial charge in [-0.15, -0.1) is 0 Å². The summed E-state index contributed by atoms with van der Waals surface area (Å²) in [6, 6.07) is 6.70. The van der Waals surface area contributed by atoms with E-state index in [0.717, 1.165) is 11.4 Å². The van der Waals surface area contributed by atoms with Gasteiger partial charge in [-0.1, -0.05) is 0 Å². The predicted octanol–water partition coefficient (Wildman–Crippen LogP) is 0.482. The van der Waals surface area contributed by atoms with Gasteiger partial charge in [0.2, 0.25) is 5.91 Å². The van der Waals surface area contributed by atoms with E-state index in [9.17, 15) is 9.59 Å². The fraction of sp³-hybridized carbons (Fsp3) is 0.467. The lowest BCUT2D eigenvalue weighted by Crippen LogP contribution is -2.43. The Labute approximate surface area is 129 Å². The summed E-state index contributed by atoms with van der Waals surface area (Å²) in [6.45, 7) is 0.886. The van der Waals surface area contributed by atoms with Crippen molar-refractivity contribution in [3.8, 4) is 5.75 Å². The third kappa shape index (κ3) is 4.11. The number of carbonyl (C=O) groups excluding carboxylic acids is 2. The van der Waals surface area contributed by atoms with E-state index in [0.29, 0.717) is 19.5 Å². The van der Waals surface area contributed by atoms with E-state index in [-0.39, 0.29) is 31.0 Å². The van der Waals surface area contributed by atoms with E-state index >= 15 is 0 Å². The zero-order chi connectivity index (χ0) is 15.9. The fourth-order valence-electron chi connectivity index (χ4n) is 2.33.